The van der Waals surface area contributed by atoms with Crippen molar-refractivity contribution in [3.63, 3.8) is 0 Å². The van der Waals surface area contributed by atoms with Gasteiger partial charge < -0.3 is 4.57 Å². The molecule has 1 aromatic heterocycles. The SMILES string of the molecule is Cn1c(C(=O)N/N=C/c2c(Cl)cccc2Cl)cc2ccccc21. The molecular formula is C17H13Cl2N3O. The molecule has 0 unspecified atom stereocenters. The molecular weight excluding hydrogens is 333 g/mol. The van der Waals surface area contributed by atoms with Gasteiger partial charge in [0.1, 0.15) is 5.69 Å². The van der Waals surface area contributed by atoms with E-state index >= 15 is 0 Å². The van der Waals surface area contributed by atoms with E-state index in [2.05, 4.69) is 10.5 Å². The van der Waals surface area contributed by atoms with Crippen LogP contribution in [0.4, 0.5) is 0 Å². The number of hydrazone groups is 1. The molecule has 0 fully saturated rings. The van der Waals surface area contributed by atoms with Gasteiger partial charge in [0.25, 0.3) is 5.91 Å². The van der Waals surface area contributed by atoms with E-state index in [9.17, 15) is 4.79 Å². The van der Waals surface area contributed by atoms with Crippen molar-refractivity contribution < 1.29 is 4.79 Å². The minimum Gasteiger partial charge on any atom is -0.340 e. The molecule has 3 aromatic rings. The number of hydrogen-bond acceptors (Lipinski definition) is 2. The molecule has 0 saturated carbocycles. The van der Waals surface area contributed by atoms with Gasteiger partial charge in [0.05, 0.1) is 16.3 Å². The van der Waals surface area contributed by atoms with Gasteiger partial charge in [0.15, 0.2) is 0 Å². The lowest BCUT2D eigenvalue weighted by atomic mass is 10.2. The molecule has 0 bridgehead atoms. The maximum atomic E-state index is 12.3. The second kappa shape index (κ2) is 6.44. The summed E-state index contributed by atoms with van der Waals surface area (Å²) in [4.78, 5) is 12.3. The molecule has 1 amide bonds. The largest absolute Gasteiger partial charge is 0.340 e. The molecule has 4 nitrogen and oxygen atoms in total. The highest BCUT2D eigenvalue weighted by Crippen LogP contribution is 2.22. The molecule has 0 aliphatic heterocycles. The van der Waals surface area contributed by atoms with Crippen molar-refractivity contribution >= 4 is 46.2 Å². The topological polar surface area (TPSA) is 46.4 Å². The van der Waals surface area contributed by atoms with Crippen LogP contribution >= 0.6 is 23.2 Å². The van der Waals surface area contributed by atoms with Gasteiger partial charge in [0, 0.05) is 23.5 Å². The van der Waals surface area contributed by atoms with Gasteiger partial charge in [-0.15, -0.1) is 0 Å². The number of hydrogen-bond donors (Lipinski definition) is 1. The van der Waals surface area contributed by atoms with Gasteiger partial charge in [-0.05, 0) is 24.3 Å². The third-order valence-corrected chi connectivity index (χ3v) is 4.20. The number of aryl methyl sites for hydroxylation is 1. The first-order valence-electron chi connectivity index (χ1n) is 6.90. The van der Waals surface area contributed by atoms with E-state index in [0.29, 0.717) is 21.3 Å². The van der Waals surface area contributed by atoms with Crippen molar-refractivity contribution in [1.29, 1.82) is 0 Å². The van der Waals surface area contributed by atoms with Crippen molar-refractivity contribution in [2.24, 2.45) is 12.1 Å². The highest BCUT2D eigenvalue weighted by atomic mass is 35.5. The molecule has 1 heterocycles. The fourth-order valence-electron chi connectivity index (χ4n) is 2.35. The third kappa shape index (κ3) is 3.09. The van der Waals surface area contributed by atoms with E-state index in [1.165, 1.54) is 6.21 Å². The summed E-state index contributed by atoms with van der Waals surface area (Å²) in [5.74, 6) is -0.303. The van der Waals surface area contributed by atoms with Crippen molar-refractivity contribution in [2.45, 2.75) is 0 Å². The van der Waals surface area contributed by atoms with Gasteiger partial charge in [-0.1, -0.05) is 47.5 Å². The third-order valence-electron chi connectivity index (χ3n) is 3.54. The lowest BCUT2D eigenvalue weighted by Crippen LogP contribution is -2.20. The maximum absolute atomic E-state index is 12.3. The van der Waals surface area contributed by atoms with Crippen LogP contribution in [0.5, 0.6) is 0 Å². The first kappa shape index (κ1) is 15.6. The van der Waals surface area contributed by atoms with E-state index in [-0.39, 0.29) is 5.91 Å². The number of aromatic nitrogens is 1. The molecule has 0 aliphatic rings. The summed E-state index contributed by atoms with van der Waals surface area (Å²) in [5.41, 5.74) is 4.56. The van der Waals surface area contributed by atoms with Gasteiger partial charge in [-0.25, -0.2) is 5.43 Å². The molecule has 116 valence electrons. The van der Waals surface area contributed by atoms with E-state index in [1.54, 1.807) is 18.2 Å². The monoisotopic (exact) mass is 345 g/mol. The molecule has 2 aromatic carbocycles. The van der Waals surface area contributed by atoms with Gasteiger partial charge in [-0.2, -0.15) is 5.10 Å². The number of fused-ring (bicyclic) bond motifs is 1. The molecule has 3 rings (SSSR count). The molecule has 1 N–H and O–H groups in total. The van der Waals surface area contributed by atoms with Crippen LogP contribution < -0.4 is 5.43 Å². The zero-order valence-electron chi connectivity index (χ0n) is 12.3. The number of amides is 1. The van der Waals surface area contributed by atoms with Crippen LogP contribution in [0.3, 0.4) is 0 Å². The summed E-state index contributed by atoms with van der Waals surface area (Å²) in [5, 5.41) is 5.89. The summed E-state index contributed by atoms with van der Waals surface area (Å²) in [6.07, 6.45) is 1.44. The van der Waals surface area contributed by atoms with Crippen LogP contribution in [-0.4, -0.2) is 16.7 Å². The zero-order valence-corrected chi connectivity index (χ0v) is 13.8. The van der Waals surface area contributed by atoms with Crippen molar-refractivity contribution in [2.75, 3.05) is 0 Å². The number of nitrogens with zero attached hydrogens (tertiary/aromatic N) is 2. The van der Waals surface area contributed by atoms with Crippen LogP contribution in [0.1, 0.15) is 16.1 Å². The lowest BCUT2D eigenvalue weighted by molar-refractivity contribution is 0.0947. The smallest absolute Gasteiger partial charge is 0.287 e. The Balaban J connectivity index is 1.81. The first-order valence-corrected chi connectivity index (χ1v) is 7.65. The van der Waals surface area contributed by atoms with Gasteiger partial charge in [0.2, 0.25) is 0 Å². The molecule has 6 heteroatoms. The van der Waals surface area contributed by atoms with Crippen LogP contribution in [0, 0.1) is 0 Å². The molecule has 0 spiro atoms. The Morgan fingerprint density at radius 2 is 1.83 bits per heavy atom. The number of halogens is 2. The molecule has 0 aliphatic carbocycles. The zero-order chi connectivity index (χ0) is 16.4. The van der Waals surface area contributed by atoms with E-state index in [4.69, 9.17) is 23.2 Å². The van der Waals surface area contributed by atoms with Gasteiger partial charge in [-0.3, -0.25) is 4.79 Å². The number of nitrogens with one attached hydrogen (secondary N) is 1. The number of para-hydroxylation sites is 1. The number of benzene rings is 2. The standard InChI is InChI=1S/C17H13Cl2N3O/c1-22-15-8-3-2-5-11(15)9-16(22)17(23)21-20-10-12-13(18)6-4-7-14(12)19/h2-10H,1H3,(H,21,23)/b20-10+. The summed E-state index contributed by atoms with van der Waals surface area (Å²) in [6, 6.07) is 14.8. The Labute approximate surface area is 143 Å². The second-order valence-corrected chi connectivity index (χ2v) is 5.80. The van der Waals surface area contributed by atoms with E-state index in [1.807, 2.05) is 41.9 Å². The summed E-state index contributed by atoms with van der Waals surface area (Å²) in [6.45, 7) is 0. The van der Waals surface area contributed by atoms with Crippen molar-refractivity contribution in [3.05, 3.63) is 69.8 Å². The predicted molar refractivity (Wildman–Crippen MR) is 94.4 cm³/mol. The Morgan fingerprint density at radius 1 is 1.13 bits per heavy atom. The second-order valence-electron chi connectivity index (χ2n) is 4.98. The van der Waals surface area contributed by atoms with Crippen LogP contribution in [0.25, 0.3) is 10.9 Å². The highest BCUT2D eigenvalue weighted by molar-refractivity contribution is 6.38. The summed E-state index contributed by atoms with van der Waals surface area (Å²) in [7, 11) is 1.84. The van der Waals surface area contributed by atoms with Crippen molar-refractivity contribution in [3.8, 4) is 0 Å². The van der Waals surface area contributed by atoms with Gasteiger partial charge >= 0.3 is 0 Å². The Kier molecular flexibility index (Phi) is 4.37. The Bertz CT molecular complexity index is 895. The molecule has 0 atom stereocenters. The average Bonchev–Trinajstić information content (AvgIpc) is 2.88. The fourth-order valence-corrected chi connectivity index (χ4v) is 2.85. The Morgan fingerprint density at radius 3 is 2.52 bits per heavy atom. The van der Waals surface area contributed by atoms with Crippen LogP contribution in [0.2, 0.25) is 10.0 Å². The number of rotatable bonds is 3. The van der Waals surface area contributed by atoms with Crippen LogP contribution in [0.15, 0.2) is 53.6 Å². The highest BCUT2D eigenvalue weighted by Gasteiger charge is 2.12. The molecule has 0 saturated heterocycles. The molecule has 23 heavy (non-hydrogen) atoms. The van der Waals surface area contributed by atoms with Crippen LogP contribution in [-0.2, 0) is 7.05 Å². The lowest BCUT2D eigenvalue weighted by Gasteiger charge is -2.03. The van der Waals surface area contributed by atoms with E-state index in [0.717, 1.165) is 10.9 Å². The average molecular weight is 346 g/mol. The van der Waals surface area contributed by atoms with E-state index < -0.39 is 0 Å². The minimum absolute atomic E-state index is 0.303. The molecule has 0 radical (unpaired) electrons. The minimum atomic E-state index is -0.303. The predicted octanol–water partition coefficient (Wildman–Crippen LogP) is 4.25. The summed E-state index contributed by atoms with van der Waals surface area (Å²) < 4.78 is 1.82. The van der Waals surface area contributed by atoms with Crippen molar-refractivity contribution in [1.82, 2.24) is 9.99 Å². The summed E-state index contributed by atoms with van der Waals surface area (Å²) >= 11 is 12.1. The quantitative estimate of drug-likeness (QED) is 0.559. The first-order chi connectivity index (χ1) is 11.1. The normalized spacial score (nSPS) is 11.3. The number of carbonyl (C=O) groups excluding carboxylic acids is 1. The maximum Gasteiger partial charge on any atom is 0.287 e. The fraction of sp³-hybridized carbons (Fsp3) is 0.0588. The number of carbonyl (C=O) groups is 1. The Hall–Kier alpha value is -2.30.